The van der Waals surface area contributed by atoms with Gasteiger partial charge in [-0.3, -0.25) is 4.79 Å². The van der Waals surface area contributed by atoms with Gasteiger partial charge in [0.25, 0.3) is 0 Å². The van der Waals surface area contributed by atoms with Crippen LogP contribution < -0.4 is 5.32 Å². The highest BCUT2D eigenvalue weighted by Gasteiger charge is 2.33. The van der Waals surface area contributed by atoms with Gasteiger partial charge in [-0.25, -0.2) is 4.39 Å². The van der Waals surface area contributed by atoms with Crippen LogP contribution in [0.2, 0.25) is 0 Å². The number of fused-ring (bicyclic) bond motifs is 1. The van der Waals surface area contributed by atoms with Crippen molar-refractivity contribution in [3.05, 3.63) is 41.2 Å². The smallest absolute Gasteiger partial charge is 0.160 e. The predicted octanol–water partition coefficient (Wildman–Crippen LogP) is 4.15. The van der Waals surface area contributed by atoms with Gasteiger partial charge in [-0.15, -0.1) is 0 Å². The molecule has 0 aromatic heterocycles. The molecule has 0 spiro atoms. The highest BCUT2D eigenvalue weighted by Crippen LogP contribution is 2.37. The second-order valence-corrected chi connectivity index (χ2v) is 6.74. The highest BCUT2D eigenvalue weighted by molar-refractivity contribution is 5.99. The van der Waals surface area contributed by atoms with Gasteiger partial charge in [0, 0.05) is 23.3 Å². The molecule has 0 saturated heterocycles. The highest BCUT2D eigenvalue weighted by atomic mass is 19.1. The van der Waals surface area contributed by atoms with Crippen molar-refractivity contribution in [3.8, 4) is 0 Å². The van der Waals surface area contributed by atoms with E-state index < -0.39 is 0 Å². The van der Waals surface area contributed by atoms with E-state index >= 15 is 0 Å². The number of ketones is 1. The minimum Gasteiger partial charge on any atom is -0.375 e. The van der Waals surface area contributed by atoms with Crippen molar-refractivity contribution in [3.63, 3.8) is 0 Å². The van der Waals surface area contributed by atoms with E-state index in [0.29, 0.717) is 0 Å². The van der Waals surface area contributed by atoms with Gasteiger partial charge in [-0.05, 0) is 44.4 Å². The van der Waals surface area contributed by atoms with Crippen molar-refractivity contribution < 1.29 is 9.18 Å². The number of rotatable bonds is 2. The Morgan fingerprint density at radius 1 is 1.29 bits per heavy atom. The van der Waals surface area contributed by atoms with Gasteiger partial charge in [-0.1, -0.05) is 25.3 Å². The summed E-state index contributed by atoms with van der Waals surface area (Å²) >= 11 is 0. The molecular formula is C18H22FNO. The Kier molecular flexibility index (Phi) is 3.60. The van der Waals surface area contributed by atoms with E-state index in [1.807, 2.05) is 6.07 Å². The van der Waals surface area contributed by atoms with Crippen LogP contribution in [0.1, 0.15) is 57.1 Å². The SMILES string of the molecule is CC1(C)N/C(=C\C(=O)C2CCCCC2)c2cc(F)ccc21. The Hall–Kier alpha value is -1.64. The number of benzene rings is 1. The van der Waals surface area contributed by atoms with E-state index in [4.69, 9.17) is 0 Å². The lowest BCUT2D eigenvalue weighted by Crippen LogP contribution is -2.29. The molecule has 0 atom stereocenters. The summed E-state index contributed by atoms with van der Waals surface area (Å²) in [5.41, 5.74) is 2.38. The molecule has 0 radical (unpaired) electrons. The predicted molar refractivity (Wildman–Crippen MR) is 82.1 cm³/mol. The summed E-state index contributed by atoms with van der Waals surface area (Å²) in [4.78, 5) is 12.4. The maximum absolute atomic E-state index is 13.5. The van der Waals surface area contributed by atoms with Crippen molar-refractivity contribution in [1.29, 1.82) is 0 Å². The zero-order valence-electron chi connectivity index (χ0n) is 12.7. The second-order valence-electron chi connectivity index (χ2n) is 6.74. The first kappa shape index (κ1) is 14.3. The number of hydrogen-bond donors (Lipinski definition) is 1. The normalized spacial score (nSPS) is 22.9. The molecule has 1 N–H and O–H groups in total. The standard InChI is InChI=1S/C18H22FNO/c1-18(2)15-9-8-13(19)10-14(15)16(20-18)11-17(21)12-6-4-3-5-7-12/h8-12,20H,3-7H2,1-2H3/b16-11-. The average molecular weight is 287 g/mol. The van der Waals surface area contributed by atoms with E-state index in [1.54, 1.807) is 6.08 Å². The topological polar surface area (TPSA) is 29.1 Å². The lowest BCUT2D eigenvalue weighted by Gasteiger charge is -2.21. The number of hydrogen-bond acceptors (Lipinski definition) is 2. The fraction of sp³-hybridized carbons (Fsp3) is 0.500. The fourth-order valence-corrected chi connectivity index (χ4v) is 3.52. The van der Waals surface area contributed by atoms with Crippen molar-refractivity contribution in [2.24, 2.45) is 5.92 Å². The quantitative estimate of drug-likeness (QED) is 0.828. The van der Waals surface area contributed by atoms with Crippen molar-refractivity contribution in [2.45, 2.75) is 51.5 Å². The lowest BCUT2D eigenvalue weighted by molar-refractivity contribution is -0.119. The molecule has 2 aliphatic rings. The largest absolute Gasteiger partial charge is 0.375 e. The molecule has 0 unspecified atom stereocenters. The summed E-state index contributed by atoms with van der Waals surface area (Å²) in [5, 5.41) is 3.37. The van der Waals surface area contributed by atoms with E-state index in [9.17, 15) is 9.18 Å². The lowest BCUT2D eigenvalue weighted by atomic mass is 9.86. The van der Waals surface area contributed by atoms with E-state index in [1.165, 1.54) is 18.6 Å². The van der Waals surface area contributed by atoms with E-state index in [-0.39, 0.29) is 23.1 Å². The number of allylic oxidation sites excluding steroid dienone is 1. The van der Waals surface area contributed by atoms with Crippen LogP contribution in [0.5, 0.6) is 0 Å². The van der Waals surface area contributed by atoms with Crippen LogP contribution >= 0.6 is 0 Å². The van der Waals surface area contributed by atoms with Crippen LogP contribution in [-0.4, -0.2) is 5.78 Å². The van der Waals surface area contributed by atoms with Gasteiger partial charge in [0.1, 0.15) is 5.82 Å². The van der Waals surface area contributed by atoms with Crippen molar-refractivity contribution in [1.82, 2.24) is 5.32 Å². The molecule has 1 saturated carbocycles. The van der Waals surface area contributed by atoms with Gasteiger partial charge in [0.05, 0.1) is 5.54 Å². The van der Waals surface area contributed by atoms with Crippen LogP contribution in [0.4, 0.5) is 4.39 Å². The van der Waals surface area contributed by atoms with E-state index in [0.717, 1.165) is 42.5 Å². The van der Waals surface area contributed by atoms with Gasteiger partial charge >= 0.3 is 0 Å². The summed E-state index contributed by atoms with van der Waals surface area (Å²) < 4.78 is 13.5. The Labute approximate surface area is 125 Å². The average Bonchev–Trinajstić information content (AvgIpc) is 2.70. The van der Waals surface area contributed by atoms with Gasteiger partial charge in [-0.2, -0.15) is 0 Å². The zero-order valence-corrected chi connectivity index (χ0v) is 12.7. The van der Waals surface area contributed by atoms with Gasteiger partial charge < -0.3 is 5.32 Å². The van der Waals surface area contributed by atoms with Gasteiger partial charge in [0.2, 0.25) is 0 Å². The van der Waals surface area contributed by atoms with E-state index in [2.05, 4.69) is 19.2 Å². The van der Waals surface area contributed by atoms with Crippen LogP contribution in [0.25, 0.3) is 5.70 Å². The molecule has 1 aliphatic heterocycles. The fourth-order valence-electron chi connectivity index (χ4n) is 3.52. The Morgan fingerprint density at radius 3 is 2.71 bits per heavy atom. The number of nitrogens with one attached hydrogen (secondary N) is 1. The number of carbonyl (C=O) groups is 1. The third kappa shape index (κ3) is 2.74. The maximum atomic E-state index is 13.5. The molecule has 3 rings (SSSR count). The summed E-state index contributed by atoms with van der Waals surface area (Å²) in [5.74, 6) is 0.0724. The Morgan fingerprint density at radius 2 is 2.00 bits per heavy atom. The molecule has 1 aliphatic carbocycles. The summed E-state index contributed by atoms with van der Waals surface area (Å²) in [7, 11) is 0. The first-order valence-electron chi connectivity index (χ1n) is 7.81. The molecule has 1 aromatic carbocycles. The van der Waals surface area contributed by atoms with Crippen molar-refractivity contribution in [2.75, 3.05) is 0 Å². The third-order valence-electron chi connectivity index (χ3n) is 4.69. The zero-order chi connectivity index (χ0) is 15.0. The second kappa shape index (κ2) is 5.28. The Bertz CT molecular complexity index is 597. The van der Waals surface area contributed by atoms with Crippen LogP contribution in [0, 0.1) is 11.7 Å². The molecule has 0 amide bonds. The summed E-state index contributed by atoms with van der Waals surface area (Å²) in [6, 6.07) is 4.81. The number of carbonyl (C=O) groups excluding carboxylic acids is 1. The van der Waals surface area contributed by atoms with Gasteiger partial charge in [0.15, 0.2) is 5.78 Å². The maximum Gasteiger partial charge on any atom is 0.160 e. The van der Waals surface area contributed by atoms with Crippen LogP contribution in [0.15, 0.2) is 24.3 Å². The Balaban J connectivity index is 1.91. The van der Waals surface area contributed by atoms with Crippen LogP contribution in [-0.2, 0) is 10.3 Å². The molecule has 21 heavy (non-hydrogen) atoms. The third-order valence-corrected chi connectivity index (χ3v) is 4.69. The molecule has 112 valence electrons. The first-order valence-corrected chi connectivity index (χ1v) is 7.81. The minimum absolute atomic E-state index is 0.147. The molecule has 1 aromatic rings. The molecule has 2 nitrogen and oxygen atoms in total. The molecule has 3 heteroatoms. The minimum atomic E-state index is -0.262. The summed E-state index contributed by atoms with van der Waals surface area (Å²) in [6.45, 7) is 4.10. The first-order chi connectivity index (χ1) is 9.97. The monoisotopic (exact) mass is 287 g/mol. The molecule has 1 heterocycles. The number of halogens is 1. The molecular weight excluding hydrogens is 265 g/mol. The van der Waals surface area contributed by atoms with Crippen molar-refractivity contribution >= 4 is 11.5 Å². The summed E-state index contributed by atoms with van der Waals surface area (Å²) in [6.07, 6.45) is 7.19. The van der Waals surface area contributed by atoms with Crippen LogP contribution in [0.3, 0.4) is 0 Å². The molecule has 1 fully saturated rings. The molecule has 0 bridgehead atoms.